The number of benzene rings is 3. The molecule has 0 spiro atoms. The van der Waals surface area contributed by atoms with Gasteiger partial charge in [0.25, 0.3) is 36.0 Å². The standard InChI is InChI=1S/C17H13NO12S3.C6H12N2.Pt/c19-14-2-1-9(5-12(14)17(21)22)31(23,24)18-13-6-10(32(25,26)27)3-8-4-11(33(28,29)30)7-15(20)16(8)13;7-5-3-1-2-4-6(5)8;/h1-7,18-20H,(H,21,22)(H,25,26,27)(H,28,29,30);5-8H,1-4H2;/q;-2;+4/p+2. The number of phenolic OH excluding ortho intramolecular Hbond substituents is 1. The number of hydrogen-bond acceptors (Lipinski definition) is 8. The second kappa shape index (κ2) is 13.2. The van der Waals surface area contributed by atoms with Gasteiger partial charge in [-0.1, -0.05) is 25.7 Å². The molecule has 15 nitrogen and oxygen atoms in total. The van der Waals surface area contributed by atoms with Crippen LogP contribution in [0.15, 0.2) is 57.2 Å². The van der Waals surface area contributed by atoms with E-state index in [9.17, 15) is 44.3 Å². The van der Waals surface area contributed by atoms with Gasteiger partial charge in [-0.2, -0.15) is 20.5 Å². The van der Waals surface area contributed by atoms with Gasteiger partial charge in [0.2, 0.25) is 5.56 Å². The summed E-state index contributed by atoms with van der Waals surface area (Å²) in [6, 6.07) is 5.18. The van der Waals surface area contributed by atoms with Crippen molar-refractivity contribution in [2.24, 2.45) is 0 Å². The SMILES string of the molecule is O=C([OH2+])c1cc(S(=O)(=O)Nc2cc(S(=O)([O-])=[OH+])cc3cc(S(=O)([O-])=[OH+])cc(O)c23)ccc1[OH2+].[NH-]C1CCCCC1[NH-].[Pt+4]. The summed E-state index contributed by atoms with van der Waals surface area (Å²) in [5.41, 5.74) is 13.4. The van der Waals surface area contributed by atoms with Crippen LogP contribution in [0.25, 0.3) is 22.2 Å². The average Bonchev–Trinajstić information content (AvgIpc) is 2.84. The van der Waals surface area contributed by atoms with Crippen LogP contribution in [0, 0.1) is 0 Å². The molecule has 3 aromatic rings. The number of carbonyl (C=O) groups is 1. The first kappa shape index (κ1) is 35.4. The third-order valence-corrected chi connectivity index (χ3v) is 9.15. The average molecular weight is 829 g/mol. The molecule has 0 bridgehead atoms. The number of fused-ring (bicyclic) bond motifs is 1. The Hall–Kier alpha value is -2.83. The smallest absolute Gasteiger partial charge is 0.702 e. The molecular formula is C23H27N3O12PtS3+4. The van der Waals surface area contributed by atoms with E-state index in [1.165, 1.54) is 12.8 Å². The summed E-state index contributed by atoms with van der Waals surface area (Å²) in [4.78, 5) is 9.03. The zero-order chi connectivity index (χ0) is 30.9. The molecular weight excluding hydrogens is 802 g/mol. The number of sulfonamides is 1. The van der Waals surface area contributed by atoms with E-state index in [-0.39, 0.29) is 43.9 Å². The number of anilines is 1. The first-order chi connectivity index (χ1) is 18.8. The molecule has 3 aromatic carbocycles. The van der Waals surface area contributed by atoms with Crippen molar-refractivity contribution in [1.82, 2.24) is 0 Å². The first-order valence-electron chi connectivity index (χ1n) is 11.6. The van der Waals surface area contributed by atoms with Crippen LogP contribution in [0.1, 0.15) is 36.0 Å². The van der Waals surface area contributed by atoms with Crippen LogP contribution < -0.4 is 4.72 Å². The molecule has 4 unspecified atom stereocenters. The Labute approximate surface area is 255 Å². The predicted molar refractivity (Wildman–Crippen MR) is 147 cm³/mol. The van der Waals surface area contributed by atoms with Gasteiger partial charge in [0, 0.05) is 22.3 Å². The normalized spacial score (nSPS) is 19.7. The van der Waals surface area contributed by atoms with Crippen molar-refractivity contribution < 1.29 is 75.5 Å². The summed E-state index contributed by atoms with van der Waals surface area (Å²) in [6.07, 6.45) is 4.25. The second-order valence-electron chi connectivity index (χ2n) is 9.10. The minimum atomic E-state index is -4.94. The van der Waals surface area contributed by atoms with Crippen LogP contribution in [0.3, 0.4) is 0 Å². The summed E-state index contributed by atoms with van der Waals surface area (Å²) in [7, 11) is -14.4. The quantitative estimate of drug-likeness (QED) is 0.273. The molecule has 1 aliphatic carbocycles. The Bertz CT molecular complexity index is 1820. The molecule has 0 amide bonds. The molecule has 0 radical (unpaired) electrons. The molecule has 0 aliphatic heterocycles. The van der Waals surface area contributed by atoms with E-state index in [2.05, 4.69) is 0 Å². The monoisotopic (exact) mass is 828 g/mol. The van der Waals surface area contributed by atoms with Gasteiger partial charge in [0.15, 0.2) is 0 Å². The predicted octanol–water partition coefficient (Wildman–Crippen LogP) is 2.17. The zero-order valence-electron chi connectivity index (χ0n) is 21.3. The summed E-state index contributed by atoms with van der Waals surface area (Å²) < 4.78 is 92.5. The largest absolute Gasteiger partial charge is 4.00 e. The van der Waals surface area contributed by atoms with Crippen molar-refractivity contribution in [1.29, 1.82) is 0 Å². The van der Waals surface area contributed by atoms with E-state index in [0.29, 0.717) is 12.1 Å². The minimum absolute atomic E-state index is 0. The molecule has 0 heterocycles. The van der Waals surface area contributed by atoms with Gasteiger partial charge in [-0.05, 0) is 35.7 Å². The summed E-state index contributed by atoms with van der Waals surface area (Å²) in [6.45, 7) is 0. The van der Waals surface area contributed by atoms with Crippen molar-refractivity contribution in [3.8, 4) is 11.5 Å². The van der Waals surface area contributed by atoms with E-state index < -0.39 is 73.7 Å². The fourth-order valence-corrected chi connectivity index (χ4v) is 6.20. The Morgan fingerprint density at radius 1 is 0.905 bits per heavy atom. The van der Waals surface area contributed by atoms with E-state index in [1.54, 1.807) is 0 Å². The molecule has 1 aliphatic rings. The van der Waals surface area contributed by atoms with Crippen molar-refractivity contribution in [2.45, 2.75) is 52.5 Å². The van der Waals surface area contributed by atoms with E-state index in [0.717, 1.165) is 43.2 Å². The number of hydrogen-bond donors (Lipinski definition) is 2. The van der Waals surface area contributed by atoms with Crippen LogP contribution in [-0.2, 0) is 51.3 Å². The zero-order valence-corrected chi connectivity index (χ0v) is 26.0. The topological polar surface area (TPSA) is 300 Å². The molecule has 1 fully saturated rings. The van der Waals surface area contributed by atoms with Crippen LogP contribution >= 0.6 is 0 Å². The number of aromatic hydroxyl groups is 1. The fraction of sp³-hybridized carbons (Fsp3) is 0.261. The number of phenols is 1. The van der Waals surface area contributed by atoms with E-state index in [1.807, 2.05) is 4.72 Å². The molecule has 42 heavy (non-hydrogen) atoms. The Morgan fingerprint density at radius 3 is 1.86 bits per heavy atom. The van der Waals surface area contributed by atoms with Gasteiger partial charge >= 0.3 is 27.0 Å². The molecule has 0 saturated heterocycles. The third kappa shape index (κ3) is 8.38. The van der Waals surface area contributed by atoms with Crippen LogP contribution in [0.5, 0.6) is 11.5 Å². The van der Waals surface area contributed by atoms with Crippen molar-refractivity contribution >= 4 is 52.7 Å². The number of carbonyl (C=O) groups excluding carboxylic acids is 1. The van der Waals surface area contributed by atoms with Gasteiger partial charge in [0.05, 0.1) is 10.6 Å². The maximum Gasteiger partial charge on any atom is 4.00 e. The van der Waals surface area contributed by atoms with Crippen LogP contribution in [0.2, 0.25) is 0 Å². The summed E-state index contributed by atoms with van der Waals surface area (Å²) in [5.74, 6) is -2.60. The van der Waals surface area contributed by atoms with Crippen LogP contribution in [0.4, 0.5) is 5.69 Å². The Morgan fingerprint density at radius 2 is 1.40 bits per heavy atom. The maximum atomic E-state index is 12.9. The number of nitrogens with one attached hydrogen (secondary N) is 3. The van der Waals surface area contributed by atoms with Gasteiger partial charge in [-0.3, -0.25) is 4.72 Å². The second-order valence-corrected chi connectivity index (χ2v) is 13.6. The Balaban J connectivity index is 0.000000591. The molecule has 4 atom stereocenters. The van der Waals surface area contributed by atoms with Gasteiger partial charge in [-0.25, -0.2) is 16.8 Å². The van der Waals surface area contributed by atoms with Gasteiger partial charge in [0.1, 0.15) is 15.5 Å². The molecule has 230 valence electrons. The molecule has 10 N–H and O–H groups in total. The fourth-order valence-electron chi connectivity index (χ4n) is 4.03. The van der Waals surface area contributed by atoms with Crippen molar-refractivity contribution in [2.75, 3.05) is 4.72 Å². The molecule has 4 rings (SSSR count). The summed E-state index contributed by atoms with van der Waals surface area (Å²) in [5, 5.41) is 24.2. The van der Waals surface area contributed by atoms with E-state index >= 15 is 0 Å². The maximum absolute atomic E-state index is 12.9. The van der Waals surface area contributed by atoms with Crippen LogP contribution in [-0.4, -0.2) is 67.7 Å². The third-order valence-electron chi connectivity index (χ3n) is 6.13. The number of rotatable bonds is 6. The van der Waals surface area contributed by atoms with Gasteiger partial charge < -0.3 is 35.9 Å². The summed E-state index contributed by atoms with van der Waals surface area (Å²) >= 11 is 0. The van der Waals surface area contributed by atoms with Gasteiger partial charge in [-0.15, -0.1) is 0 Å². The van der Waals surface area contributed by atoms with Crippen molar-refractivity contribution in [3.63, 3.8) is 0 Å². The van der Waals surface area contributed by atoms with Crippen molar-refractivity contribution in [3.05, 3.63) is 59.5 Å². The molecule has 0 aromatic heterocycles. The van der Waals surface area contributed by atoms with E-state index in [4.69, 9.17) is 21.7 Å². The first-order valence-corrected chi connectivity index (χ1v) is 16.0. The Kier molecular flexibility index (Phi) is 11.1. The molecule has 1 saturated carbocycles. The molecule has 19 heteroatoms. The minimum Gasteiger partial charge on any atom is -0.702 e.